The topological polar surface area (TPSA) is 55.4 Å². The summed E-state index contributed by atoms with van der Waals surface area (Å²) >= 11 is 12.1. The Morgan fingerprint density at radius 3 is 2.21 bits per heavy atom. The number of hydrogen-bond donors (Lipinski definition) is 1. The number of ether oxygens (including phenoxy) is 1. The molecule has 0 fully saturated rings. The monoisotopic (exact) mass is 503 g/mol. The molecule has 0 unspecified atom stereocenters. The molecular weight excluding hydrogens is 478 g/mol. The molecule has 0 aliphatic rings. The maximum Gasteiger partial charge on any atom is 0.392 e. The van der Waals surface area contributed by atoms with Crippen LogP contribution in [0.5, 0.6) is 0 Å². The first-order valence-electron chi connectivity index (χ1n) is 10.3. The van der Waals surface area contributed by atoms with Gasteiger partial charge in [-0.2, -0.15) is 13.2 Å². The lowest BCUT2D eigenvalue weighted by Gasteiger charge is -2.27. The molecule has 9 heteroatoms. The van der Waals surface area contributed by atoms with Gasteiger partial charge >= 0.3 is 12.1 Å². The third-order valence-corrected chi connectivity index (χ3v) is 6.01. The van der Waals surface area contributed by atoms with E-state index in [2.05, 4.69) is 5.32 Å². The van der Waals surface area contributed by atoms with Crippen LogP contribution in [-0.2, 0) is 19.7 Å². The van der Waals surface area contributed by atoms with Gasteiger partial charge in [-0.15, -0.1) is 0 Å². The van der Waals surface area contributed by atoms with Crippen LogP contribution in [0.25, 0.3) is 0 Å². The van der Waals surface area contributed by atoms with Gasteiger partial charge in [0.15, 0.2) is 0 Å². The molecule has 0 saturated carbocycles. The summed E-state index contributed by atoms with van der Waals surface area (Å²) in [7, 11) is 0. The number of hydrogen-bond acceptors (Lipinski definition) is 3. The van der Waals surface area contributed by atoms with Crippen LogP contribution in [0, 0.1) is 5.92 Å². The third kappa shape index (κ3) is 7.11. The van der Waals surface area contributed by atoms with Gasteiger partial charge in [0.25, 0.3) is 0 Å². The smallest absolute Gasteiger partial charge is 0.392 e. The van der Waals surface area contributed by atoms with Crippen LogP contribution in [0.3, 0.4) is 0 Å². The average Bonchev–Trinajstić information content (AvgIpc) is 2.70. The highest BCUT2D eigenvalue weighted by Gasteiger charge is 2.45. The van der Waals surface area contributed by atoms with E-state index in [4.69, 9.17) is 27.9 Å². The standard InChI is InChI=1S/C24H26Cl2F3NO3/c1-5-33-20(31)13-23(3,4)16-8-11-18(26)19(12-16)30-22(32)21(14(2)24(27,28)29)15-6-9-17(25)10-7-15/h6-12,14,21H,5,13H2,1-4H3,(H,30,32)/t14-,21+/m1/s1. The predicted molar refractivity (Wildman–Crippen MR) is 124 cm³/mol. The second-order valence-electron chi connectivity index (χ2n) is 8.41. The predicted octanol–water partition coefficient (Wildman–Crippen LogP) is 7.14. The van der Waals surface area contributed by atoms with Gasteiger partial charge in [-0.3, -0.25) is 9.59 Å². The van der Waals surface area contributed by atoms with Crippen LogP contribution in [0.1, 0.15) is 51.2 Å². The third-order valence-electron chi connectivity index (χ3n) is 5.43. The van der Waals surface area contributed by atoms with Crippen molar-refractivity contribution in [3.05, 3.63) is 63.6 Å². The van der Waals surface area contributed by atoms with E-state index >= 15 is 0 Å². The van der Waals surface area contributed by atoms with Gasteiger partial charge < -0.3 is 10.1 Å². The Hall–Kier alpha value is -2.25. The van der Waals surface area contributed by atoms with Crippen LogP contribution in [0.15, 0.2) is 42.5 Å². The van der Waals surface area contributed by atoms with E-state index in [1.807, 2.05) is 13.8 Å². The Labute approximate surface area is 201 Å². The second kappa shape index (κ2) is 10.8. The van der Waals surface area contributed by atoms with Crippen molar-refractivity contribution >= 4 is 40.8 Å². The van der Waals surface area contributed by atoms with Gasteiger partial charge in [0, 0.05) is 10.4 Å². The van der Waals surface area contributed by atoms with Gasteiger partial charge in [0.05, 0.1) is 35.6 Å². The molecule has 0 saturated heterocycles. The minimum Gasteiger partial charge on any atom is -0.466 e. The van der Waals surface area contributed by atoms with Crippen LogP contribution >= 0.6 is 23.2 Å². The van der Waals surface area contributed by atoms with E-state index in [0.29, 0.717) is 10.6 Å². The summed E-state index contributed by atoms with van der Waals surface area (Å²) in [6.07, 6.45) is -4.52. The summed E-state index contributed by atoms with van der Waals surface area (Å²) in [5.74, 6) is -4.72. The molecule has 2 rings (SSSR count). The van der Waals surface area contributed by atoms with Crippen LogP contribution < -0.4 is 5.32 Å². The van der Waals surface area contributed by atoms with Crippen LogP contribution in [0.4, 0.5) is 18.9 Å². The molecule has 4 nitrogen and oxygen atoms in total. The molecule has 0 spiro atoms. The number of esters is 1. The number of carbonyl (C=O) groups is 2. The Morgan fingerprint density at radius 1 is 1.06 bits per heavy atom. The summed E-state index contributed by atoms with van der Waals surface area (Å²) < 4.78 is 45.7. The van der Waals surface area contributed by atoms with Crippen LogP contribution in [-0.4, -0.2) is 24.7 Å². The molecule has 180 valence electrons. The van der Waals surface area contributed by atoms with Crippen molar-refractivity contribution in [2.24, 2.45) is 5.92 Å². The molecular formula is C24H26Cl2F3NO3. The molecule has 1 N–H and O–H groups in total. The molecule has 2 atom stereocenters. The highest BCUT2D eigenvalue weighted by Crippen LogP contribution is 2.39. The molecule has 0 heterocycles. The number of halogens is 5. The SMILES string of the molecule is CCOC(=O)CC(C)(C)c1ccc(Cl)c(NC(=O)[C@H](c2ccc(Cl)cc2)[C@@H](C)C(F)(F)F)c1. The molecule has 2 aromatic carbocycles. The molecule has 1 amide bonds. The average molecular weight is 504 g/mol. The van der Waals surface area contributed by atoms with Crippen LogP contribution in [0.2, 0.25) is 10.0 Å². The van der Waals surface area contributed by atoms with E-state index in [9.17, 15) is 22.8 Å². The Bertz CT molecular complexity index is 991. The summed E-state index contributed by atoms with van der Waals surface area (Å²) in [5.41, 5.74) is 0.341. The van der Waals surface area contributed by atoms with Gasteiger partial charge in [-0.05, 0) is 42.3 Å². The van der Waals surface area contributed by atoms with E-state index in [-0.39, 0.29) is 35.3 Å². The first-order valence-corrected chi connectivity index (χ1v) is 11.1. The number of anilines is 1. The lowest BCUT2D eigenvalue weighted by molar-refractivity contribution is -0.178. The Kier molecular flexibility index (Phi) is 8.82. The normalized spacial score (nSPS) is 13.8. The Balaban J connectivity index is 2.38. The zero-order valence-corrected chi connectivity index (χ0v) is 20.2. The van der Waals surface area contributed by atoms with Gasteiger partial charge in [-0.25, -0.2) is 0 Å². The van der Waals surface area contributed by atoms with Crippen molar-refractivity contribution < 1.29 is 27.5 Å². The zero-order valence-electron chi connectivity index (χ0n) is 18.7. The zero-order chi connectivity index (χ0) is 25.0. The first kappa shape index (κ1) is 27.0. The molecule has 0 aromatic heterocycles. The highest BCUT2D eigenvalue weighted by atomic mass is 35.5. The fourth-order valence-electron chi connectivity index (χ4n) is 3.45. The number of alkyl halides is 3. The maximum atomic E-state index is 13.6. The van der Waals surface area contributed by atoms with Crippen molar-refractivity contribution in [2.45, 2.75) is 51.6 Å². The van der Waals surface area contributed by atoms with E-state index in [0.717, 1.165) is 6.92 Å². The van der Waals surface area contributed by atoms with Crippen molar-refractivity contribution in [2.75, 3.05) is 11.9 Å². The van der Waals surface area contributed by atoms with Crippen molar-refractivity contribution in [3.8, 4) is 0 Å². The number of carbonyl (C=O) groups excluding carboxylic acids is 2. The molecule has 0 bridgehead atoms. The fourth-order valence-corrected chi connectivity index (χ4v) is 3.74. The quantitative estimate of drug-likeness (QED) is 0.389. The summed E-state index contributed by atoms with van der Waals surface area (Å²) in [5, 5.41) is 3.05. The largest absolute Gasteiger partial charge is 0.466 e. The van der Waals surface area contributed by atoms with E-state index in [1.54, 1.807) is 19.1 Å². The minimum absolute atomic E-state index is 0.0777. The number of rotatable bonds is 8. The molecule has 33 heavy (non-hydrogen) atoms. The Morgan fingerprint density at radius 2 is 1.67 bits per heavy atom. The van der Waals surface area contributed by atoms with Crippen molar-refractivity contribution in [1.82, 2.24) is 0 Å². The number of benzene rings is 2. The first-order chi connectivity index (χ1) is 15.3. The minimum atomic E-state index is -4.60. The second-order valence-corrected chi connectivity index (χ2v) is 9.25. The van der Waals surface area contributed by atoms with Gasteiger partial charge in [-0.1, -0.05) is 62.2 Å². The molecule has 0 aliphatic heterocycles. The lowest BCUT2D eigenvalue weighted by Crippen LogP contribution is -2.34. The highest BCUT2D eigenvalue weighted by molar-refractivity contribution is 6.33. The number of nitrogens with one attached hydrogen (secondary N) is 1. The lowest BCUT2D eigenvalue weighted by atomic mass is 9.81. The summed E-state index contributed by atoms with van der Waals surface area (Å²) in [4.78, 5) is 25.1. The van der Waals surface area contributed by atoms with Crippen molar-refractivity contribution in [3.63, 3.8) is 0 Å². The van der Waals surface area contributed by atoms with E-state index < -0.39 is 29.3 Å². The van der Waals surface area contributed by atoms with E-state index in [1.165, 1.54) is 30.3 Å². The summed E-state index contributed by atoms with van der Waals surface area (Å²) in [6, 6.07) is 10.5. The number of amides is 1. The molecule has 0 aliphatic carbocycles. The molecule has 2 aromatic rings. The van der Waals surface area contributed by atoms with Gasteiger partial charge in [0.1, 0.15) is 0 Å². The van der Waals surface area contributed by atoms with Gasteiger partial charge in [0.2, 0.25) is 5.91 Å². The fraction of sp³-hybridized carbons (Fsp3) is 0.417. The summed E-state index contributed by atoms with van der Waals surface area (Å²) in [6.45, 7) is 6.56. The molecule has 0 radical (unpaired) electrons. The maximum absolute atomic E-state index is 13.6. The van der Waals surface area contributed by atoms with Crippen molar-refractivity contribution in [1.29, 1.82) is 0 Å².